The standard InChI is InChI=1S/C27H34N2O4/c1-19(2)33-25-17-20(10-15-24(25)32-3)18-29(22-7-4-5-8-22)27(31)21-11-13-23(14-12-21)28-16-6-9-26(28)30/h10-15,17,19,22H,4-9,16,18H2,1-3H3. The molecule has 2 aromatic carbocycles. The molecule has 1 aliphatic carbocycles. The maximum atomic E-state index is 13.6. The van der Waals surface area contributed by atoms with Crippen LogP contribution >= 0.6 is 0 Å². The fourth-order valence-electron chi connectivity index (χ4n) is 4.82. The molecule has 1 aliphatic heterocycles. The molecule has 0 unspecified atom stereocenters. The Hall–Kier alpha value is -3.02. The van der Waals surface area contributed by atoms with Gasteiger partial charge in [0.05, 0.1) is 13.2 Å². The molecule has 1 saturated heterocycles. The van der Waals surface area contributed by atoms with Gasteiger partial charge in [0.1, 0.15) is 0 Å². The zero-order valence-electron chi connectivity index (χ0n) is 19.9. The number of carbonyl (C=O) groups is 2. The molecule has 2 aliphatic rings. The topological polar surface area (TPSA) is 59.1 Å². The summed E-state index contributed by atoms with van der Waals surface area (Å²) < 4.78 is 11.4. The number of hydrogen-bond acceptors (Lipinski definition) is 4. The number of methoxy groups -OCH3 is 1. The molecular formula is C27H34N2O4. The molecule has 0 N–H and O–H groups in total. The van der Waals surface area contributed by atoms with E-state index < -0.39 is 0 Å². The van der Waals surface area contributed by atoms with Gasteiger partial charge in [0.2, 0.25) is 5.91 Å². The summed E-state index contributed by atoms with van der Waals surface area (Å²) in [5.74, 6) is 1.57. The molecule has 0 spiro atoms. The maximum absolute atomic E-state index is 13.6. The van der Waals surface area contributed by atoms with Crippen LogP contribution in [-0.2, 0) is 11.3 Å². The van der Waals surface area contributed by atoms with Crippen LogP contribution in [0.15, 0.2) is 42.5 Å². The normalized spacial score (nSPS) is 16.5. The van der Waals surface area contributed by atoms with Gasteiger partial charge in [-0.3, -0.25) is 9.59 Å². The van der Waals surface area contributed by atoms with Gasteiger partial charge in [0, 0.05) is 36.8 Å². The summed E-state index contributed by atoms with van der Waals surface area (Å²) in [6, 6.07) is 13.6. The fourth-order valence-corrected chi connectivity index (χ4v) is 4.82. The van der Waals surface area contributed by atoms with E-state index in [1.54, 1.807) is 12.0 Å². The summed E-state index contributed by atoms with van der Waals surface area (Å²) in [5, 5.41) is 0. The average molecular weight is 451 g/mol. The van der Waals surface area contributed by atoms with E-state index >= 15 is 0 Å². The van der Waals surface area contributed by atoms with Crippen LogP contribution in [-0.4, -0.2) is 42.5 Å². The van der Waals surface area contributed by atoms with Crippen molar-refractivity contribution >= 4 is 17.5 Å². The smallest absolute Gasteiger partial charge is 0.254 e. The molecule has 6 nitrogen and oxygen atoms in total. The van der Waals surface area contributed by atoms with Crippen molar-refractivity contribution in [3.63, 3.8) is 0 Å². The van der Waals surface area contributed by atoms with Crippen LogP contribution in [0.4, 0.5) is 5.69 Å². The van der Waals surface area contributed by atoms with E-state index in [1.807, 2.05) is 61.2 Å². The van der Waals surface area contributed by atoms with Crippen molar-refractivity contribution in [1.82, 2.24) is 4.90 Å². The third kappa shape index (κ3) is 5.32. The highest BCUT2D eigenvalue weighted by atomic mass is 16.5. The van der Waals surface area contributed by atoms with Crippen LogP contribution in [0, 0.1) is 0 Å². The molecule has 0 radical (unpaired) electrons. The van der Waals surface area contributed by atoms with E-state index in [0.717, 1.165) is 49.9 Å². The SMILES string of the molecule is COc1ccc(CN(C(=O)c2ccc(N3CCCC3=O)cc2)C2CCCC2)cc1OC(C)C. The zero-order chi connectivity index (χ0) is 23.4. The van der Waals surface area contributed by atoms with E-state index in [0.29, 0.717) is 30.0 Å². The van der Waals surface area contributed by atoms with Crippen LogP contribution in [0.2, 0.25) is 0 Å². The Morgan fingerprint density at radius 2 is 1.79 bits per heavy atom. The summed E-state index contributed by atoms with van der Waals surface area (Å²) in [6.07, 6.45) is 5.86. The van der Waals surface area contributed by atoms with Crippen molar-refractivity contribution in [2.75, 3.05) is 18.6 Å². The summed E-state index contributed by atoms with van der Waals surface area (Å²) in [6.45, 7) is 5.24. The van der Waals surface area contributed by atoms with Gasteiger partial charge in [-0.25, -0.2) is 0 Å². The lowest BCUT2D eigenvalue weighted by Crippen LogP contribution is -2.38. The monoisotopic (exact) mass is 450 g/mol. The van der Waals surface area contributed by atoms with Crippen molar-refractivity contribution in [1.29, 1.82) is 0 Å². The summed E-state index contributed by atoms with van der Waals surface area (Å²) in [7, 11) is 1.63. The first-order valence-corrected chi connectivity index (χ1v) is 12.0. The Morgan fingerprint density at radius 3 is 2.39 bits per heavy atom. The quantitative estimate of drug-likeness (QED) is 0.555. The third-order valence-electron chi connectivity index (χ3n) is 6.47. The largest absolute Gasteiger partial charge is 0.493 e. The Kier molecular flexibility index (Phi) is 7.21. The third-order valence-corrected chi connectivity index (χ3v) is 6.47. The molecule has 2 fully saturated rings. The zero-order valence-corrected chi connectivity index (χ0v) is 19.9. The lowest BCUT2D eigenvalue weighted by atomic mass is 10.1. The van der Waals surface area contributed by atoms with Gasteiger partial charge < -0.3 is 19.3 Å². The van der Waals surface area contributed by atoms with Gasteiger partial charge >= 0.3 is 0 Å². The molecule has 6 heteroatoms. The van der Waals surface area contributed by atoms with Crippen LogP contribution in [0.25, 0.3) is 0 Å². The Labute approximate surface area is 196 Å². The first-order valence-electron chi connectivity index (χ1n) is 12.0. The average Bonchev–Trinajstić information content (AvgIpc) is 3.49. The highest BCUT2D eigenvalue weighted by molar-refractivity contribution is 5.97. The molecule has 0 aromatic heterocycles. The van der Waals surface area contributed by atoms with E-state index in [1.165, 1.54) is 0 Å². The van der Waals surface area contributed by atoms with Crippen molar-refractivity contribution in [2.45, 2.75) is 71.1 Å². The minimum absolute atomic E-state index is 0.0303. The lowest BCUT2D eigenvalue weighted by Gasteiger charge is -2.30. The highest BCUT2D eigenvalue weighted by Gasteiger charge is 2.28. The minimum atomic E-state index is 0.0303. The molecule has 1 heterocycles. The Bertz CT molecular complexity index is 980. The van der Waals surface area contributed by atoms with Crippen molar-refractivity contribution in [3.05, 3.63) is 53.6 Å². The lowest BCUT2D eigenvalue weighted by molar-refractivity contribution is -0.117. The van der Waals surface area contributed by atoms with Gasteiger partial charge in [-0.05, 0) is 75.1 Å². The predicted octanol–water partition coefficient (Wildman–Crippen LogP) is 5.19. The number of anilines is 1. The van der Waals surface area contributed by atoms with Gasteiger partial charge in [0.15, 0.2) is 11.5 Å². The molecule has 2 amide bonds. The molecule has 0 atom stereocenters. The van der Waals surface area contributed by atoms with Crippen molar-refractivity contribution in [3.8, 4) is 11.5 Å². The second kappa shape index (κ2) is 10.3. The number of ether oxygens (including phenoxy) is 2. The number of rotatable bonds is 8. The van der Waals surface area contributed by atoms with E-state index in [9.17, 15) is 9.59 Å². The maximum Gasteiger partial charge on any atom is 0.254 e. The van der Waals surface area contributed by atoms with Crippen LogP contribution in [0.3, 0.4) is 0 Å². The summed E-state index contributed by atoms with van der Waals surface area (Å²) in [4.78, 5) is 29.5. The van der Waals surface area contributed by atoms with Crippen molar-refractivity contribution < 1.29 is 19.1 Å². The van der Waals surface area contributed by atoms with Gasteiger partial charge in [-0.1, -0.05) is 18.9 Å². The first kappa shape index (κ1) is 23.1. The number of benzene rings is 2. The predicted molar refractivity (Wildman–Crippen MR) is 129 cm³/mol. The van der Waals surface area contributed by atoms with Crippen LogP contribution in [0.5, 0.6) is 11.5 Å². The van der Waals surface area contributed by atoms with E-state index in [-0.39, 0.29) is 24.0 Å². The molecular weight excluding hydrogens is 416 g/mol. The van der Waals surface area contributed by atoms with Crippen LogP contribution in [0.1, 0.15) is 68.3 Å². The van der Waals surface area contributed by atoms with Gasteiger partial charge in [-0.15, -0.1) is 0 Å². The molecule has 2 aromatic rings. The van der Waals surface area contributed by atoms with Crippen LogP contribution < -0.4 is 14.4 Å². The first-order chi connectivity index (χ1) is 16.0. The number of nitrogens with zero attached hydrogens (tertiary/aromatic N) is 2. The summed E-state index contributed by atoms with van der Waals surface area (Å²) in [5.41, 5.74) is 2.54. The molecule has 0 bridgehead atoms. The summed E-state index contributed by atoms with van der Waals surface area (Å²) >= 11 is 0. The second-order valence-electron chi connectivity index (χ2n) is 9.22. The van der Waals surface area contributed by atoms with Crippen molar-refractivity contribution in [2.24, 2.45) is 0 Å². The van der Waals surface area contributed by atoms with E-state index in [2.05, 4.69) is 0 Å². The number of carbonyl (C=O) groups excluding carboxylic acids is 2. The molecule has 176 valence electrons. The second-order valence-corrected chi connectivity index (χ2v) is 9.22. The van der Waals surface area contributed by atoms with Gasteiger partial charge in [0.25, 0.3) is 5.91 Å². The minimum Gasteiger partial charge on any atom is -0.493 e. The molecule has 33 heavy (non-hydrogen) atoms. The fraction of sp³-hybridized carbons (Fsp3) is 0.481. The Morgan fingerprint density at radius 1 is 1.06 bits per heavy atom. The van der Waals surface area contributed by atoms with Gasteiger partial charge in [-0.2, -0.15) is 0 Å². The molecule has 1 saturated carbocycles. The number of amides is 2. The number of hydrogen-bond donors (Lipinski definition) is 0. The highest BCUT2D eigenvalue weighted by Crippen LogP contribution is 2.32. The van der Waals surface area contributed by atoms with E-state index in [4.69, 9.17) is 9.47 Å². The Balaban J connectivity index is 1.56. The molecule has 4 rings (SSSR count).